The van der Waals surface area contributed by atoms with Crippen LogP contribution in [0.1, 0.15) is 32.3 Å². The number of rotatable bonds is 7. The smallest absolute Gasteiger partial charge is 0.303 e. The maximum absolute atomic E-state index is 13.7. The van der Waals surface area contributed by atoms with Crippen LogP contribution >= 0.6 is 0 Å². The van der Waals surface area contributed by atoms with E-state index in [0.29, 0.717) is 6.42 Å². The van der Waals surface area contributed by atoms with Crippen molar-refractivity contribution in [3.05, 3.63) is 29.3 Å². The summed E-state index contributed by atoms with van der Waals surface area (Å²) in [4.78, 5) is 10.8. The SMILES string of the molecule is CC(C)CC(CNc1c(F)cc(C#N)cc1F)CC(=O)O. The van der Waals surface area contributed by atoms with E-state index in [-0.39, 0.29) is 36.1 Å². The van der Waals surface area contributed by atoms with Crippen molar-refractivity contribution in [2.45, 2.75) is 26.7 Å². The molecule has 4 nitrogen and oxygen atoms in total. The second kappa shape index (κ2) is 7.58. The maximum atomic E-state index is 13.7. The molecule has 0 amide bonds. The molecule has 0 saturated heterocycles. The number of nitrogens with zero attached hydrogens (tertiary/aromatic N) is 1. The Hall–Kier alpha value is -2.16. The number of hydrogen-bond acceptors (Lipinski definition) is 3. The minimum Gasteiger partial charge on any atom is -0.481 e. The zero-order valence-electron chi connectivity index (χ0n) is 12.0. The molecule has 1 aromatic carbocycles. The molecule has 0 aromatic heterocycles. The van der Waals surface area contributed by atoms with Gasteiger partial charge < -0.3 is 10.4 Å². The predicted octanol–water partition coefficient (Wildman–Crippen LogP) is 3.39. The van der Waals surface area contributed by atoms with Gasteiger partial charge in [0, 0.05) is 13.0 Å². The molecule has 0 aliphatic carbocycles. The number of halogens is 2. The lowest BCUT2D eigenvalue weighted by molar-refractivity contribution is -0.138. The van der Waals surface area contributed by atoms with Crippen LogP contribution < -0.4 is 5.32 Å². The Bertz CT molecular complexity index is 530. The Morgan fingerprint density at radius 1 is 1.38 bits per heavy atom. The number of nitriles is 1. The monoisotopic (exact) mass is 296 g/mol. The van der Waals surface area contributed by atoms with Gasteiger partial charge in [-0.3, -0.25) is 4.79 Å². The Balaban J connectivity index is 2.80. The third kappa shape index (κ3) is 5.38. The highest BCUT2D eigenvalue weighted by Gasteiger charge is 2.17. The van der Waals surface area contributed by atoms with E-state index in [1.165, 1.54) is 0 Å². The number of nitrogens with one attached hydrogen (secondary N) is 1. The first-order valence-electron chi connectivity index (χ1n) is 6.68. The van der Waals surface area contributed by atoms with Gasteiger partial charge in [0.2, 0.25) is 0 Å². The molecule has 114 valence electrons. The first kappa shape index (κ1) is 16.9. The average Bonchev–Trinajstić information content (AvgIpc) is 2.35. The Kier molecular flexibility index (Phi) is 6.10. The molecule has 0 bridgehead atoms. The minimum absolute atomic E-state index is 0.0648. The summed E-state index contributed by atoms with van der Waals surface area (Å²) < 4.78 is 27.4. The van der Waals surface area contributed by atoms with E-state index >= 15 is 0 Å². The minimum atomic E-state index is -0.941. The molecule has 1 atom stereocenters. The van der Waals surface area contributed by atoms with Crippen LogP contribution in [0.5, 0.6) is 0 Å². The van der Waals surface area contributed by atoms with Gasteiger partial charge in [-0.2, -0.15) is 5.26 Å². The third-order valence-electron chi connectivity index (χ3n) is 3.01. The highest BCUT2D eigenvalue weighted by Crippen LogP contribution is 2.23. The van der Waals surface area contributed by atoms with Crippen LogP contribution in [0.15, 0.2) is 12.1 Å². The largest absolute Gasteiger partial charge is 0.481 e. The van der Waals surface area contributed by atoms with E-state index in [1.807, 2.05) is 13.8 Å². The van der Waals surface area contributed by atoms with Crippen LogP contribution in [-0.4, -0.2) is 17.6 Å². The zero-order chi connectivity index (χ0) is 16.0. The topological polar surface area (TPSA) is 73.1 Å². The molecule has 0 spiro atoms. The van der Waals surface area contributed by atoms with E-state index in [0.717, 1.165) is 12.1 Å². The second-order valence-electron chi connectivity index (χ2n) is 5.40. The maximum Gasteiger partial charge on any atom is 0.303 e. The van der Waals surface area contributed by atoms with Crippen molar-refractivity contribution in [3.63, 3.8) is 0 Å². The van der Waals surface area contributed by atoms with Crippen LogP contribution in [0.25, 0.3) is 0 Å². The first-order valence-corrected chi connectivity index (χ1v) is 6.68. The Morgan fingerprint density at radius 3 is 2.38 bits per heavy atom. The number of carboxylic acid groups (broad SMARTS) is 1. The van der Waals surface area contributed by atoms with Gasteiger partial charge in [0.15, 0.2) is 11.6 Å². The molecule has 2 N–H and O–H groups in total. The molecule has 0 aliphatic heterocycles. The van der Waals surface area contributed by atoms with E-state index in [4.69, 9.17) is 10.4 Å². The Morgan fingerprint density at radius 2 is 1.95 bits per heavy atom. The quantitative estimate of drug-likeness (QED) is 0.809. The fourth-order valence-electron chi connectivity index (χ4n) is 2.21. The number of aliphatic carboxylic acids is 1. The molecule has 0 fully saturated rings. The lowest BCUT2D eigenvalue weighted by Crippen LogP contribution is -2.20. The summed E-state index contributed by atoms with van der Waals surface area (Å²) >= 11 is 0. The van der Waals surface area contributed by atoms with E-state index in [1.54, 1.807) is 6.07 Å². The predicted molar refractivity (Wildman–Crippen MR) is 74.8 cm³/mol. The van der Waals surface area contributed by atoms with Crippen molar-refractivity contribution in [2.75, 3.05) is 11.9 Å². The number of carbonyl (C=O) groups is 1. The number of anilines is 1. The number of carboxylic acids is 1. The zero-order valence-corrected chi connectivity index (χ0v) is 12.0. The van der Waals surface area contributed by atoms with Gasteiger partial charge in [-0.15, -0.1) is 0 Å². The van der Waals surface area contributed by atoms with Crippen LogP contribution in [0.2, 0.25) is 0 Å². The van der Waals surface area contributed by atoms with Crippen LogP contribution in [0.3, 0.4) is 0 Å². The van der Waals surface area contributed by atoms with Gasteiger partial charge in [0.05, 0.1) is 11.6 Å². The van der Waals surface area contributed by atoms with Crippen molar-refractivity contribution in [1.29, 1.82) is 5.26 Å². The lowest BCUT2D eigenvalue weighted by Gasteiger charge is -2.19. The molecule has 0 saturated carbocycles. The van der Waals surface area contributed by atoms with E-state index in [9.17, 15) is 13.6 Å². The van der Waals surface area contributed by atoms with Crippen molar-refractivity contribution in [2.24, 2.45) is 11.8 Å². The summed E-state index contributed by atoms with van der Waals surface area (Å²) in [6.07, 6.45) is 0.573. The normalized spacial score (nSPS) is 12.0. The summed E-state index contributed by atoms with van der Waals surface area (Å²) in [5.41, 5.74) is -0.423. The number of hydrogen-bond donors (Lipinski definition) is 2. The average molecular weight is 296 g/mol. The number of benzene rings is 1. The highest BCUT2D eigenvalue weighted by atomic mass is 19.1. The summed E-state index contributed by atoms with van der Waals surface area (Å²) in [5.74, 6) is -2.60. The van der Waals surface area contributed by atoms with Crippen molar-refractivity contribution in [3.8, 4) is 6.07 Å². The molecular formula is C15H18F2N2O2. The van der Waals surface area contributed by atoms with Gasteiger partial charge in [0.1, 0.15) is 5.69 Å². The molecule has 1 aromatic rings. The fraction of sp³-hybridized carbons (Fsp3) is 0.467. The molecular weight excluding hydrogens is 278 g/mol. The van der Waals surface area contributed by atoms with Gasteiger partial charge >= 0.3 is 5.97 Å². The fourth-order valence-corrected chi connectivity index (χ4v) is 2.21. The molecule has 0 radical (unpaired) electrons. The molecule has 6 heteroatoms. The summed E-state index contributed by atoms with van der Waals surface area (Å²) in [6.45, 7) is 4.07. The van der Waals surface area contributed by atoms with Crippen molar-refractivity contribution < 1.29 is 18.7 Å². The van der Waals surface area contributed by atoms with Gasteiger partial charge in [-0.1, -0.05) is 13.8 Å². The van der Waals surface area contributed by atoms with Crippen LogP contribution in [0.4, 0.5) is 14.5 Å². The van der Waals surface area contributed by atoms with E-state index < -0.39 is 17.6 Å². The first-order chi connectivity index (χ1) is 9.83. The molecule has 1 rings (SSSR count). The van der Waals surface area contributed by atoms with Gasteiger partial charge in [-0.05, 0) is 30.4 Å². The Labute approximate surface area is 122 Å². The molecule has 21 heavy (non-hydrogen) atoms. The van der Waals surface area contributed by atoms with Gasteiger partial charge in [0.25, 0.3) is 0 Å². The lowest BCUT2D eigenvalue weighted by atomic mass is 9.94. The van der Waals surface area contributed by atoms with Crippen molar-refractivity contribution in [1.82, 2.24) is 0 Å². The summed E-state index contributed by atoms with van der Waals surface area (Å²) in [7, 11) is 0. The second-order valence-corrected chi connectivity index (χ2v) is 5.40. The van der Waals surface area contributed by atoms with Crippen molar-refractivity contribution >= 4 is 11.7 Å². The van der Waals surface area contributed by atoms with E-state index in [2.05, 4.69) is 5.32 Å². The highest BCUT2D eigenvalue weighted by molar-refractivity contribution is 5.67. The van der Waals surface area contributed by atoms with Crippen LogP contribution in [0, 0.1) is 34.8 Å². The summed E-state index contributed by atoms with van der Waals surface area (Å²) in [5, 5.41) is 20.1. The van der Waals surface area contributed by atoms with Gasteiger partial charge in [-0.25, -0.2) is 8.78 Å². The standard InChI is InChI=1S/C15H18F2N2O2/c1-9(2)3-11(6-14(20)21)8-19-15-12(16)4-10(7-18)5-13(15)17/h4-5,9,11,19H,3,6,8H2,1-2H3,(H,20,21). The molecule has 1 unspecified atom stereocenters. The molecule has 0 aliphatic rings. The molecule has 0 heterocycles. The summed E-state index contributed by atoms with van der Waals surface area (Å²) in [6, 6.07) is 3.56. The van der Waals surface area contributed by atoms with Crippen LogP contribution in [-0.2, 0) is 4.79 Å². The third-order valence-corrected chi connectivity index (χ3v) is 3.01.